The molecule has 0 radical (unpaired) electrons. The van der Waals surface area contributed by atoms with Crippen LogP contribution < -0.4 is 10.6 Å². The van der Waals surface area contributed by atoms with Crippen molar-refractivity contribution in [2.75, 3.05) is 25.0 Å². The molecule has 1 aliphatic rings. The van der Waals surface area contributed by atoms with Crippen LogP contribution in [0.3, 0.4) is 0 Å². The van der Waals surface area contributed by atoms with Gasteiger partial charge >= 0.3 is 6.01 Å². The Kier molecular flexibility index (Phi) is 5.60. The fraction of sp³-hybridized carbons (Fsp3) is 0.846. The third kappa shape index (κ3) is 5.16. The van der Waals surface area contributed by atoms with Crippen LogP contribution in [0.2, 0.25) is 0 Å². The molecule has 6 heteroatoms. The van der Waals surface area contributed by atoms with Gasteiger partial charge in [-0.05, 0) is 31.7 Å². The highest BCUT2D eigenvalue weighted by Gasteiger charge is 2.15. The molecule has 1 atom stereocenters. The Hall–Kier alpha value is -1.14. The van der Waals surface area contributed by atoms with Crippen LogP contribution in [0.15, 0.2) is 4.42 Å². The molecule has 1 unspecified atom stereocenters. The number of nitrogens with one attached hydrogen (secondary N) is 2. The zero-order valence-corrected chi connectivity index (χ0v) is 11.8. The fourth-order valence-corrected chi connectivity index (χ4v) is 2.08. The first kappa shape index (κ1) is 14.3. The van der Waals surface area contributed by atoms with E-state index >= 15 is 0 Å². The van der Waals surface area contributed by atoms with Gasteiger partial charge in [0, 0.05) is 13.2 Å². The van der Waals surface area contributed by atoms with Crippen LogP contribution in [0, 0.1) is 5.92 Å². The van der Waals surface area contributed by atoms with Crippen LogP contribution in [-0.4, -0.2) is 36.0 Å². The predicted molar refractivity (Wildman–Crippen MR) is 72.9 cm³/mol. The lowest BCUT2D eigenvalue weighted by Crippen LogP contribution is -2.19. The highest BCUT2D eigenvalue weighted by Crippen LogP contribution is 2.15. The quantitative estimate of drug-likeness (QED) is 0.749. The van der Waals surface area contributed by atoms with Crippen LogP contribution in [0.25, 0.3) is 0 Å². The maximum absolute atomic E-state index is 5.55. The van der Waals surface area contributed by atoms with E-state index in [9.17, 15) is 0 Å². The number of hydrogen-bond donors (Lipinski definition) is 2. The molecule has 0 spiro atoms. The first-order chi connectivity index (χ1) is 9.24. The van der Waals surface area contributed by atoms with E-state index in [2.05, 4.69) is 34.7 Å². The molecule has 2 rings (SSSR count). The second-order valence-electron chi connectivity index (χ2n) is 5.38. The van der Waals surface area contributed by atoms with Crippen molar-refractivity contribution in [1.29, 1.82) is 0 Å². The SMILES string of the molecule is CC(C)CNCc1nnc(NCCC2CCCO2)o1. The molecule has 1 aliphatic heterocycles. The van der Waals surface area contributed by atoms with Crippen LogP contribution in [0.4, 0.5) is 6.01 Å². The summed E-state index contributed by atoms with van der Waals surface area (Å²) < 4.78 is 11.0. The van der Waals surface area contributed by atoms with E-state index in [0.29, 0.717) is 30.5 Å². The van der Waals surface area contributed by atoms with Crippen molar-refractivity contribution in [2.24, 2.45) is 5.92 Å². The normalized spacial score (nSPS) is 19.2. The van der Waals surface area contributed by atoms with E-state index in [-0.39, 0.29) is 0 Å². The molecule has 2 heterocycles. The standard InChI is InChI=1S/C13H24N4O2/c1-10(2)8-14-9-12-16-17-13(19-12)15-6-5-11-4-3-7-18-11/h10-11,14H,3-9H2,1-2H3,(H,15,17). The lowest BCUT2D eigenvalue weighted by molar-refractivity contribution is 0.107. The van der Waals surface area contributed by atoms with E-state index in [1.165, 1.54) is 6.42 Å². The fourth-order valence-electron chi connectivity index (χ4n) is 2.08. The molecule has 0 aromatic carbocycles. The Morgan fingerprint density at radius 1 is 1.37 bits per heavy atom. The highest BCUT2D eigenvalue weighted by atomic mass is 16.5. The van der Waals surface area contributed by atoms with Gasteiger partial charge in [0.25, 0.3) is 0 Å². The zero-order valence-electron chi connectivity index (χ0n) is 11.8. The maximum Gasteiger partial charge on any atom is 0.315 e. The third-order valence-corrected chi connectivity index (χ3v) is 3.06. The summed E-state index contributed by atoms with van der Waals surface area (Å²) in [6.45, 7) is 7.61. The van der Waals surface area contributed by atoms with Crippen molar-refractivity contribution in [1.82, 2.24) is 15.5 Å². The molecular formula is C13H24N4O2. The van der Waals surface area contributed by atoms with E-state index in [1.807, 2.05) is 0 Å². The smallest absolute Gasteiger partial charge is 0.315 e. The van der Waals surface area contributed by atoms with Gasteiger partial charge in [-0.2, -0.15) is 0 Å². The minimum Gasteiger partial charge on any atom is -0.407 e. The topological polar surface area (TPSA) is 72.2 Å². The van der Waals surface area contributed by atoms with Crippen LogP contribution in [-0.2, 0) is 11.3 Å². The average Bonchev–Trinajstić information content (AvgIpc) is 3.00. The summed E-state index contributed by atoms with van der Waals surface area (Å²) in [4.78, 5) is 0. The number of nitrogens with zero attached hydrogens (tertiary/aromatic N) is 2. The van der Waals surface area contributed by atoms with Gasteiger partial charge < -0.3 is 19.8 Å². The van der Waals surface area contributed by atoms with Crippen molar-refractivity contribution >= 4 is 6.01 Å². The number of rotatable bonds is 8. The first-order valence-electron chi connectivity index (χ1n) is 7.12. The molecule has 6 nitrogen and oxygen atoms in total. The summed E-state index contributed by atoms with van der Waals surface area (Å²) in [7, 11) is 0. The molecule has 0 amide bonds. The van der Waals surface area contributed by atoms with Gasteiger partial charge in [-0.15, -0.1) is 5.10 Å². The molecular weight excluding hydrogens is 244 g/mol. The van der Waals surface area contributed by atoms with E-state index in [4.69, 9.17) is 9.15 Å². The van der Waals surface area contributed by atoms with E-state index in [0.717, 1.165) is 32.5 Å². The zero-order chi connectivity index (χ0) is 13.5. The number of ether oxygens (including phenoxy) is 1. The van der Waals surface area contributed by atoms with E-state index in [1.54, 1.807) is 0 Å². The summed E-state index contributed by atoms with van der Waals surface area (Å²) in [5, 5.41) is 14.4. The van der Waals surface area contributed by atoms with E-state index < -0.39 is 0 Å². The Morgan fingerprint density at radius 3 is 3.00 bits per heavy atom. The largest absolute Gasteiger partial charge is 0.407 e. The third-order valence-electron chi connectivity index (χ3n) is 3.06. The maximum atomic E-state index is 5.55. The van der Waals surface area contributed by atoms with Crippen molar-refractivity contribution in [3.05, 3.63) is 5.89 Å². The second-order valence-corrected chi connectivity index (χ2v) is 5.38. The lowest BCUT2D eigenvalue weighted by Gasteiger charge is -2.08. The van der Waals surface area contributed by atoms with Crippen molar-refractivity contribution in [3.8, 4) is 0 Å². The molecule has 0 bridgehead atoms. The molecule has 0 saturated carbocycles. The van der Waals surface area contributed by atoms with Gasteiger partial charge in [-0.1, -0.05) is 18.9 Å². The van der Waals surface area contributed by atoms with Gasteiger partial charge in [0.15, 0.2) is 0 Å². The van der Waals surface area contributed by atoms with Gasteiger partial charge in [0.2, 0.25) is 5.89 Å². The summed E-state index contributed by atoms with van der Waals surface area (Å²) in [5.74, 6) is 1.24. The summed E-state index contributed by atoms with van der Waals surface area (Å²) >= 11 is 0. The van der Waals surface area contributed by atoms with Gasteiger partial charge in [0.1, 0.15) is 0 Å². The average molecular weight is 268 g/mol. The number of anilines is 1. The Morgan fingerprint density at radius 2 is 2.26 bits per heavy atom. The van der Waals surface area contributed by atoms with Gasteiger partial charge in [-0.3, -0.25) is 0 Å². The second kappa shape index (κ2) is 7.45. The molecule has 108 valence electrons. The van der Waals surface area contributed by atoms with Gasteiger partial charge in [-0.25, -0.2) is 0 Å². The van der Waals surface area contributed by atoms with Gasteiger partial charge in [0.05, 0.1) is 12.6 Å². The summed E-state index contributed by atoms with van der Waals surface area (Å²) in [6, 6.07) is 0.499. The van der Waals surface area contributed by atoms with Crippen molar-refractivity contribution < 1.29 is 9.15 Å². The molecule has 0 aliphatic carbocycles. The number of hydrogen-bond acceptors (Lipinski definition) is 6. The monoisotopic (exact) mass is 268 g/mol. The summed E-state index contributed by atoms with van der Waals surface area (Å²) in [5.41, 5.74) is 0. The molecule has 1 aromatic heterocycles. The lowest BCUT2D eigenvalue weighted by atomic mass is 10.2. The van der Waals surface area contributed by atoms with Crippen LogP contribution in [0.1, 0.15) is 39.0 Å². The Bertz CT molecular complexity index is 361. The van der Waals surface area contributed by atoms with Crippen LogP contribution in [0.5, 0.6) is 0 Å². The Balaban J connectivity index is 1.62. The highest BCUT2D eigenvalue weighted by molar-refractivity contribution is 5.16. The minimum atomic E-state index is 0.391. The summed E-state index contributed by atoms with van der Waals surface area (Å²) in [6.07, 6.45) is 3.72. The number of aromatic nitrogens is 2. The molecule has 2 N–H and O–H groups in total. The van der Waals surface area contributed by atoms with Crippen LogP contribution >= 0.6 is 0 Å². The van der Waals surface area contributed by atoms with Crippen molar-refractivity contribution in [3.63, 3.8) is 0 Å². The minimum absolute atomic E-state index is 0.391. The Labute approximate surface area is 114 Å². The molecule has 1 saturated heterocycles. The molecule has 19 heavy (non-hydrogen) atoms. The molecule has 1 fully saturated rings. The predicted octanol–water partition coefficient (Wildman–Crippen LogP) is 1.80. The first-order valence-corrected chi connectivity index (χ1v) is 7.12. The van der Waals surface area contributed by atoms with Crippen molar-refractivity contribution in [2.45, 2.75) is 45.8 Å². The molecule has 1 aromatic rings.